The van der Waals surface area contributed by atoms with Gasteiger partial charge < -0.3 is 23.7 Å². The first-order valence-electron chi connectivity index (χ1n) is 10.3. The van der Waals surface area contributed by atoms with Crippen LogP contribution >= 0.6 is 0 Å². The van der Waals surface area contributed by atoms with Crippen LogP contribution in [0.5, 0.6) is 0 Å². The zero-order valence-corrected chi connectivity index (χ0v) is 18.2. The normalized spacial score (nSPS) is 21.6. The van der Waals surface area contributed by atoms with Crippen LogP contribution in [0, 0.1) is 5.92 Å². The molecule has 3 rings (SSSR count). The zero-order valence-electron chi connectivity index (χ0n) is 18.2. The van der Waals surface area contributed by atoms with E-state index in [1.54, 1.807) is 60.7 Å². The molecule has 0 spiro atoms. The molecule has 1 saturated heterocycles. The third kappa shape index (κ3) is 6.63. The number of hydrogen-bond donors (Lipinski definition) is 0. The summed E-state index contributed by atoms with van der Waals surface area (Å²) < 4.78 is 27.0. The molecule has 2 aromatic rings. The van der Waals surface area contributed by atoms with E-state index in [0.29, 0.717) is 11.1 Å². The van der Waals surface area contributed by atoms with Gasteiger partial charge in [0.2, 0.25) is 6.29 Å². The van der Waals surface area contributed by atoms with E-state index in [2.05, 4.69) is 0 Å². The molecule has 0 N–H and O–H groups in total. The summed E-state index contributed by atoms with van der Waals surface area (Å²) in [6.45, 7) is 1.91. The lowest BCUT2D eigenvalue weighted by molar-refractivity contribution is -0.195. The van der Waals surface area contributed by atoms with E-state index in [1.165, 1.54) is 13.8 Å². The molecule has 0 radical (unpaired) electrons. The Balaban J connectivity index is 1.74. The molecule has 9 heteroatoms. The Bertz CT molecular complexity index is 974. The van der Waals surface area contributed by atoms with Gasteiger partial charge >= 0.3 is 23.9 Å². The minimum absolute atomic E-state index is 0.225. The summed E-state index contributed by atoms with van der Waals surface area (Å²) in [7, 11) is 0. The molecule has 33 heavy (non-hydrogen) atoms. The fraction of sp³-hybridized carbons (Fsp3) is 0.333. The first kappa shape index (κ1) is 23.9. The first-order chi connectivity index (χ1) is 15.8. The summed E-state index contributed by atoms with van der Waals surface area (Å²) in [6, 6.07) is 16.7. The summed E-state index contributed by atoms with van der Waals surface area (Å²) in [5.41, 5.74) is 0.680. The van der Waals surface area contributed by atoms with Crippen molar-refractivity contribution < 1.29 is 42.9 Å². The van der Waals surface area contributed by atoms with Gasteiger partial charge in [-0.25, -0.2) is 9.59 Å². The number of carbonyl (C=O) groups is 4. The second-order valence-electron chi connectivity index (χ2n) is 7.32. The average Bonchev–Trinajstić information content (AvgIpc) is 3.11. The van der Waals surface area contributed by atoms with Crippen LogP contribution in [-0.2, 0) is 33.3 Å². The molecular formula is C24H24O9. The lowest BCUT2D eigenvalue weighted by Crippen LogP contribution is -2.38. The predicted molar refractivity (Wildman–Crippen MR) is 113 cm³/mol. The van der Waals surface area contributed by atoms with Crippen LogP contribution in [-0.4, -0.2) is 55.6 Å². The summed E-state index contributed by atoms with van der Waals surface area (Å²) in [5, 5.41) is 0. The Hall–Kier alpha value is -3.72. The van der Waals surface area contributed by atoms with E-state index < -0.39 is 48.3 Å². The Morgan fingerprint density at radius 3 is 1.70 bits per heavy atom. The van der Waals surface area contributed by atoms with E-state index in [1.807, 2.05) is 0 Å². The van der Waals surface area contributed by atoms with Crippen molar-refractivity contribution in [3.05, 3.63) is 71.8 Å². The van der Waals surface area contributed by atoms with Gasteiger partial charge in [0.1, 0.15) is 19.3 Å². The van der Waals surface area contributed by atoms with Gasteiger partial charge in [-0.2, -0.15) is 0 Å². The van der Waals surface area contributed by atoms with Gasteiger partial charge in [0, 0.05) is 13.8 Å². The van der Waals surface area contributed by atoms with Crippen LogP contribution in [0.15, 0.2) is 60.7 Å². The van der Waals surface area contributed by atoms with Crippen LogP contribution in [0.3, 0.4) is 0 Å². The number of rotatable bonds is 8. The second-order valence-corrected chi connectivity index (χ2v) is 7.32. The largest absolute Gasteiger partial charge is 0.462 e. The van der Waals surface area contributed by atoms with Gasteiger partial charge in [-0.3, -0.25) is 9.59 Å². The number of hydrogen-bond acceptors (Lipinski definition) is 9. The van der Waals surface area contributed by atoms with E-state index in [0.717, 1.165) is 0 Å². The highest BCUT2D eigenvalue weighted by molar-refractivity contribution is 5.89. The third-order valence-electron chi connectivity index (χ3n) is 4.87. The summed E-state index contributed by atoms with van der Waals surface area (Å²) in [5.74, 6) is -3.22. The van der Waals surface area contributed by atoms with Gasteiger partial charge in [-0.05, 0) is 24.3 Å². The fourth-order valence-electron chi connectivity index (χ4n) is 3.37. The topological polar surface area (TPSA) is 114 Å². The average molecular weight is 456 g/mol. The number of benzene rings is 2. The molecular weight excluding hydrogens is 432 g/mol. The van der Waals surface area contributed by atoms with E-state index >= 15 is 0 Å². The second kappa shape index (κ2) is 11.2. The van der Waals surface area contributed by atoms with Crippen molar-refractivity contribution in [1.29, 1.82) is 0 Å². The highest BCUT2D eigenvalue weighted by atomic mass is 16.7. The molecule has 0 aliphatic carbocycles. The third-order valence-corrected chi connectivity index (χ3v) is 4.87. The Kier molecular flexibility index (Phi) is 8.15. The predicted octanol–water partition coefficient (Wildman–Crippen LogP) is 2.54. The van der Waals surface area contributed by atoms with Crippen molar-refractivity contribution >= 4 is 23.9 Å². The number of carbonyl (C=O) groups excluding carboxylic acids is 4. The van der Waals surface area contributed by atoms with Crippen LogP contribution in [0.2, 0.25) is 0 Å². The van der Waals surface area contributed by atoms with Gasteiger partial charge in [0.15, 0.2) is 6.10 Å². The van der Waals surface area contributed by atoms with Crippen molar-refractivity contribution in [1.82, 2.24) is 0 Å². The quantitative estimate of drug-likeness (QED) is 0.437. The molecule has 9 nitrogen and oxygen atoms in total. The standard InChI is InChI=1S/C24H24O9/c1-15(25)31-21-19(13-29-22(27)17-9-5-3-6-10-17)20(33-24(21)32-16(2)26)14-30-23(28)18-11-7-4-8-12-18/h3-12,19-21,24H,13-14H2,1-2H3. The molecule has 0 bridgehead atoms. The number of ether oxygens (including phenoxy) is 5. The monoisotopic (exact) mass is 456 g/mol. The molecule has 4 unspecified atom stereocenters. The summed E-state index contributed by atoms with van der Waals surface area (Å²) in [4.78, 5) is 48.0. The van der Waals surface area contributed by atoms with Gasteiger partial charge in [0.25, 0.3) is 0 Å². The van der Waals surface area contributed by atoms with Crippen molar-refractivity contribution in [3.8, 4) is 0 Å². The maximum Gasteiger partial charge on any atom is 0.338 e. The van der Waals surface area contributed by atoms with Crippen molar-refractivity contribution in [2.75, 3.05) is 13.2 Å². The van der Waals surface area contributed by atoms with E-state index in [4.69, 9.17) is 23.7 Å². The minimum Gasteiger partial charge on any atom is -0.462 e. The van der Waals surface area contributed by atoms with E-state index in [9.17, 15) is 19.2 Å². The molecule has 174 valence electrons. The number of esters is 4. The van der Waals surface area contributed by atoms with Gasteiger partial charge in [-0.1, -0.05) is 36.4 Å². The highest BCUT2D eigenvalue weighted by Crippen LogP contribution is 2.32. The molecule has 0 aromatic heterocycles. The van der Waals surface area contributed by atoms with Crippen LogP contribution < -0.4 is 0 Å². The molecule has 1 aliphatic heterocycles. The van der Waals surface area contributed by atoms with Gasteiger partial charge in [-0.15, -0.1) is 0 Å². The molecule has 0 amide bonds. The molecule has 1 aliphatic rings. The lowest BCUT2D eigenvalue weighted by atomic mass is 9.99. The van der Waals surface area contributed by atoms with Crippen molar-refractivity contribution in [3.63, 3.8) is 0 Å². The maximum absolute atomic E-state index is 12.4. The Labute approximate surface area is 190 Å². The molecule has 1 heterocycles. The molecule has 4 atom stereocenters. The van der Waals surface area contributed by atoms with Crippen LogP contribution in [0.4, 0.5) is 0 Å². The fourth-order valence-corrected chi connectivity index (χ4v) is 3.37. The first-order valence-corrected chi connectivity index (χ1v) is 10.3. The molecule has 1 fully saturated rings. The van der Waals surface area contributed by atoms with Crippen LogP contribution in [0.1, 0.15) is 34.6 Å². The SMILES string of the molecule is CC(=O)OC1OC(COC(=O)c2ccccc2)C(COC(=O)c2ccccc2)C1OC(C)=O. The van der Waals surface area contributed by atoms with Crippen molar-refractivity contribution in [2.24, 2.45) is 5.92 Å². The highest BCUT2D eigenvalue weighted by Gasteiger charge is 2.50. The van der Waals surface area contributed by atoms with E-state index in [-0.39, 0.29) is 13.2 Å². The van der Waals surface area contributed by atoms with Gasteiger partial charge in [0.05, 0.1) is 17.0 Å². The Morgan fingerprint density at radius 2 is 1.21 bits per heavy atom. The summed E-state index contributed by atoms with van der Waals surface area (Å²) >= 11 is 0. The van der Waals surface area contributed by atoms with Crippen LogP contribution in [0.25, 0.3) is 0 Å². The lowest BCUT2D eigenvalue weighted by Gasteiger charge is -2.23. The molecule has 2 aromatic carbocycles. The Morgan fingerprint density at radius 1 is 0.727 bits per heavy atom. The maximum atomic E-state index is 12.4. The zero-order chi connectivity index (χ0) is 23.8. The molecule has 0 saturated carbocycles. The summed E-state index contributed by atoms with van der Waals surface area (Å²) in [6.07, 6.45) is -3.17. The minimum atomic E-state index is -1.24. The van der Waals surface area contributed by atoms with Crippen molar-refractivity contribution in [2.45, 2.75) is 32.3 Å². The smallest absolute Gasteiger partial charge is 0.338 e.